The van der Waals surface area contributed by atoms with Gasteiger partial charge >= 0.3 is 0 Å². The zero-order valence-electron chi connectivity index (χ0n) is 19.9. The fourth-order valence-electron chi connectivity index (χ4n) is 4.90. The summed E-state index contributed by atoms with van der Waals surface area (Å²) in [6.45, 7) is 6.25. The normalized spacial score (nSPS) is 20.1. The number of piperidine rings is 1. The van der Waals surface area contributed by atoms with E-state index in [4.69, 9.17) is 31.7 Å². The van der Waals surface area contributed by atoms with Gasteiger partial charge in [-0.15, -0.1) is 0 Å². The van der Waals surface area contributed by atoms with Gasteiger partial charge < -0.3 is 29.9 Å². The maximum absolute atomic E-state index is 5.59. The van der Waals surface area contributed by atoms with Crippen LogP contribution in [-0.4, -0.2) is 47.5 Å². The highest BCUT2D eigenvalue weighted by molar-refractivity contribution is 7.80. The zero-order valence-corrected chi connectivity index (χ0v) is 20.7. The second-order valence-electron chi connectivity index (χ2n) is 9.34. The molecule has 0 aliphatic carbocycles. The third kappa shape index (κ3) is 5.46. The molecule has 8 nitrogen and oxygen atoms in total. The first-order chi connectivity index (χ1) is 16.7. The molecule has 0 unspecified atom stereocenters. The number of anilines is 3. The summed E-state index contributed by atoms with van der Waals surface area (Å²) in [5.41, 5.74) is 1.07. The van der Waals surface area contributed by atoms with E-state index in [1.807, 2.05) is 18.2 Å². The highest BCUT2D eigenvalue weighted by Gasteiger charge is 2.23. The number of aromatic nitrogens is 2. The van der Waals surface area contributed by atoms with E-state index >= 15 is 0 Å². The van der Waals surface area contributed by atoms with Gasteiger partial charge in [0.1, 0.15) is 11.6 Å². The van der Waals surface area contributed by atoms with Crippen LogP contribution in [-0.2, 0) is 6.54 Å². The predicted octanol–water partition coefficient (Wildman–Crippen LogP) is 4.45. The molecular formula is C25H34N6O2S. The first-order valence-electron chi connectivity index (χ1n) is 12.5. The van der Waals surface area contributed by atoms with Crippen molar-refractivity contribution >= 4 is 34.9 Å². The van der Waals surface area contributed by atoms with Crippen molar-refractivity contribution in [1.29, 1.82) is 0 Å². The molecule has 1 aromatic heterocycles. The Hall–Kier alpha value is -2.81. The van der Waals surface area contributed by atoms with E-state index < -0.39 is 0 Å². The van der Waals surface area contributed by atoms with Crippen LogP contribution in [0.5, 0.6) is 11.5 Å². The molecule has 4 heterocycles. The lowest BCUT2D eigenvalue weighted by atomic mass is 10.0. The molecule has 2 N–H and O–H groups in total. The third-order valence-corrected chi connectivity index (χ3v) is 7.09. The number of benzene rings is 1. The Morgan fingerprint density at radius 3 is 2.56 bits per heavy atom. The van der Waals surface area contributed by atoms with Gasteiger partial charge in [0.2, 0.25) is 12.7 Å². The molecule has 0 spiro atoms. The number of nitrogens with one attached hydrogen (secondary N) is 2. The summed E-state index contributed by atoms with van der Waals surface area (Å²) in [7, 11) is 0. The van der Waals surface area contributed by atoms with Gasteiger partial charge in [0.05, 0.1) is 0 Å². The van der Waals surface area contributed by atoms with Crippen molar-refractivity contribution < 1.29 is 9.47 Å². The Balaban J connectivity index is 1.31. The van der Waals surface area contributed by atoms with Crippen molar-refractivity contribution in [1.82, 2.24) is 15.3 Å². The maximum Gasteiger partial charge on any atom is 0.232 e. The molecule has 3 aliphatic heterocycles. The van der Waals surface area contributed by atoms with Crippen LogP contribution in [0.4, 0.5) is 17.6 Å². The number of rotatable bonds is 5. The molecule has 2 saturated heterocycles. The summed E-state index contributed by atoms with van der Waals surface area (Å²) in [5.74, 6) is 4.08. The molecule has 0 amide bonds. The van der Waals surface area contributed by atoms with E-state index in [-0.39, 0.29) is 6.79 Å². The lowest BCUT2D eigenvalue weighted by molar-refractivity contribution is 0.174. The van der Waals surface area contributed by atoms with Crippen molar-refractivity contribution in [3.8, 4) is 11.5 Å². The quantitative estimate of drug-likeness (QED) is 0.601. The SMILES string of the molecule is C[C@H]1CCCCN1c1cc(N2CCCCCC2)nc(NC(=S)NCc2ccc3c(c2)OCO3)n1. The lowest BCUT2D eigenvalue weighted by Gasteiger charge is -2.35. The molecule has 1 aromatic carbocycles. The van der Waals surface area contributed by atoms with Crippen molar-refractivity contribution in [3.05, 3.63) is 29.8 Å². The average Bonchev–Trinajstić information content (AvgIpc) is 3.14. The van der Waals surface area contributed by atoms with Gasteiger partial charge in [0, 0.05) is 38.3 Å². The molecule has 0 radical (unpaired) electrons. The Kier molecular flexibility index (Phi) is 7.18. The molecule has 182 valence electrons. The predicted molar refractivity (Wildman–Crippen MR) is 139 cm³/mol. The minimum atomic E-state index is 0.273. The number of ether oxygens (including phenoxy) is 2. The topological polar surface area (TPSA) is 74.8 Å². The minimum Gasteiger partial charge on any atom is -0.454 e. The Morgan fingerprint density at radius 1 is 0.971 bits per heavy atom. The summed E-state index contributed by atoms with van der Waals surface area (Å²) < 4.78 is 10.9. The summed E-state index contributed by atoms with van der Waals surface area (Å²) >= 11 is 5.59. The van der Waals surface area contributed by atoms with Crippen LogP contribution in [0.15, 0.2) is 24.3 Å². The van der Waals surface area contributed by atoms with Crippen LogP contribution in [0.1, 0.15) is 57.4 Å². The van der Waals surface area contributed by atoms with E-state index in [2.05, 4.69) is 33.4 Å². The Labute approximate surface area is 207 Å². The molecule has 2 aromatic rings. The Morgan fingerprint density at radius 2 is 1.74 bits per heavy atom. The fourth-order valence-corrected chi connectivity index (χ4v) is 5.07. The van der Waals surface area contributed by atoms with Crippen LogP contribution in [0.25, 0.3) is 0 Å². The van der Waals surface area contributed by atoms with Gasteiger partial charge in [-0.2, -0.15) is 9.97 Å². The van der Waals surface area contributed by atoms with E-state index in [0.29, 0.717) is 23.6 Å². The molecule has 3 aliphatic rings. The first kappa shape index (κ1) is 23.0. The molecule has 1 atom stereocenters. The number of hydrogen-bond donors (Lipinski definition) is 2. The molecule has 9 heteroatoms. The van der Waals surface area contributed by atoms with Gasteiger partial charge in [-0.3, -0.25) is 0 Å². The van der Waals surface area contributed by atoms with Gasteiger partial charge in [-0.05, 0) is 68.9 Å². The molecule has 0 bridgehead atoms. The molecule has 5 rings (SSSR count). The molecule has 2 fully saturated rings. The standard InChI is InChI=1S/C25H34N6O2S/c1-18-8-4-7-13-31(18)23-15-22(30-11-5-2-3-6-12-30)27-24(28-23)29-25(34)26-16-19-9-10-20-21(14-19)33-17-32-20/h9-10,14-15,18H,2-8,11-13,16-17H2,1H3,(H2,26,27,28,29,34)/t18-/m0/s1. The Bertz CT molecular complexity index is 1010. The average molecular weight is 483 g/mol. The second kappa shape index (κ2) is 10.6. The molecular weight excluding hydrogens is 448 g/mol. The smallest absolute Gasteiger partial charge is 0.232 e. The van der Waals surface area contributed by atoms with E-state index in [1.165, 1.54) is 44.9 Å². The highest BCUT2D eigenvalue weighted by Crippen LogP contribution is 2.32. The minimum absolute atomic E-state index is 0.273. The van der Waals surface area contributed by atoms with Crippen LogP contribution in [0.3, 0.4) is 0 Å². The van der Waals surface area contributed by atoms with Crippen molar-refractivity contribution in [3.63, 3.8) is 0 Å². The van der Waals surface area contributed by atoms with E-state index in [0.717, 1.165) is 48.3 Å². The number of hydrogen-bond acceptors (Lipinski definition) is 7. The maximum atomic E-state index is 5.59. The summed E-state index contributed by atoms with van der Waals surface area (Å²) in [6, 6.07) is 8.56. The summed E-state index contributed by atoms with van der Waals surface area (Å²) in [5, 5.41) is 7.02. The first-order valence-corrected chi connectivity index (χ1v) is 12.9. The van der Waals surface area contributed by atoms with Crippen LogP contribution < -0.4 is 29.9 Å². The number of nitrogens with zero attached hydrogens (tertiary/aromatic N) is 4. The largest absolute Gasteiger partial charge is 0.454 e. The number of fused-ring (bicyclic) bond motifs is 1. The second-order valence-corrected chi connectivity index (χ2v) is 9.75. The van der Waals surface area contributed by atoms with Crippen molar-refractivity contribution in [2.75, 3.05) is 41.5 Å². The summed E-state index contributed by atoms with van der Waals surface area (Å²) in [6.07, 6.45) is 8.66. The highest BCUT2D eigenvalue weighted by atomic mass is 32.1. The van der Waals surface area contributed by atoms with Crippen LogP contribution >= 0.6 is 12.2 Å². The summed E-state index contributed by atoms with van der Waals surface area (Å²) in [4.78, 5) is 14.6. The monoisotopic (exact) mass is 482 g/mol. The van der Waals surface area contributed by atoms with Gasteiger partial charge in [-0.1, -0.05) is 18.9 Å². The van der Waals surface area contributed by atoms with Gasteiger partial charge in [-0.25, -0.2) is 0 Å². The molecule has 34 heavy (non-hydrogen) atoms. The molecule has 0 saturated carbocycles. The lowest BCUT2D eigenvalue weighted by Crippen LogP contribution is -2.38. The van der Waals surface area contributed by atoms with Gasteiger partial charge in [0.15, 0.2) is 16.6 Å². The van der Waals surface area contributed by atoms with Crippen LogP contribution in [0.2, 0.25) is 0 Å². The van der Waals surface area contributed by atoms with E-state index in [9.17, 15) is 0 Å². The van der Waals surface area contributed by atoms with Crippen molar-refractivity contribution in [2.45, 2.75) is 64.5 Å². The fraction of sp³-hybridized carbons (Fsp3) is 0.560. The van der Waals surface area contributed by atoms with Crippen LogP contribution in [0, 0.1) is 0 Å². The van der Waals surface area contributed by atoms with E-state index in [1.54, 1.807) is 0 Å². The van der Waals surface area contributed by atoms with Gasteiger partial charge in [0.25, 0.3) is 0 Å². The third-order valence-electron chi connectivity index (χ3n) is 6.84. The number of thiocarbonyl (C=S) groups is 1. The van der Waals surface area contributed by atoms with Crippen molar-refractivity contribution in [2.24, 2.45) is 0 Å². The zero-order chi connectivity index (χ0) is 23.3.